The third kappa shape index (κ3) is 5.83. The van der Waals surface area contributed by atoms with E-state index in [0.717, 1.165) is 12.2 Å². The second-order valence-electron chi connectivity index (χ2n) is 1.44. The second-order valence-corrected chi connectivity index (χ2v) is 2.59. The van der Waals surface area contributed by atoms with Crippen LogP contribution in [0.15, 0.2) is 25.3 Å². The smallest absolute Gasteiger partial charge is 0.0110 e. The first kappa shape index (κ1) is 7.83. The van der Waals surface area contributed by atoms with E-state index < -0.39 is 0 Å². The van der Waals surface area contributed by atoms with Crippen molar-refractivity contribution in [2.75, 3.05) is 11.5 Å². The van der Waals surface area contributed by atoms with Crippen LogP contribution in [-0.4, -0.2) is 11.5 Å². The molecule has 0 radical (unpaired) electrons. The van der Waals surface area contributed by atoms with E-state index in [1.807, 2.05) is 23.9 Å². The Hall–Kier alpha value is -0.170. The SMILES string of the molecule is C=CCCSCC=C. The molecular formula is C7H12S. The molecule has 0 saturated heterocycles. The highest BCUT2D eigenvalue weighted by molar-refractivity contribution is 7.99. The summed E-state index contributed by atoms with van der Waals surface area (Å²) in [5, 5.41) is 0. The highest BCUT2D eigenvalue weighted by Gasteiger charge is 1.78. The standard InChI is InChI=1S/C7H12S/c1-3-5-7-8-6-4-2/h3-4H,1-2,5-7H2. The van der Waals surface area contributed by atoms with E-state index in [-0.39, 0.29) is 0 Å². The Bertz CT molecular complexity index is 56.8. The summed E-state index contributed by atoms with van der Waals surface area (Å²) in [5.74, 6) is 2.24. The van der Waals surface area contributed by atoms with Gasteiger partial charge in [0.25, 0.3) is 0 Å². The van der Waals surface area contributed by atoms with Gasteiger partial charge in [-0.1, -0.05) is 12.2 Å². The van der Waals surface area contributed by atoms with Crippen LogP contribution in [-0.2, 0) is 0 Å². The fourth-order valence-electron chi connectivity index (χ4n) is 0.333. The highest BCUT2D eigenvalue weighted by atomic mass is 32.2. The van der Waals surface area contributed by atoms with Gasteiger partial charge in [0.1, 0.15) is 0 Å². The number of rotatable bonds is 5. The molecule has 0 bridgehead atoms. The molecule has 0 unspecified atom stereocenters. The summed E-state index contributed by atoms with van der Waals surface area (Å²) in [6.45, 7) is 7.23. The predicted molar refractivity (Wildman–Crippen MR) is 42.3 cm³/mol. The van der Waals surface area contributed by atoms with Crippen LogP contribution in [0.25, 0.3) is 0 Å². The minimum atomic E-state index is 1.06. The number of hydrogen-bond donors (Lipinski definition) is 0. The molecule has 0 nitrogen and oxygen atoms in total. The normalized spacial score (nSPS) is 8.50. The monoisotopic (exact) mass is 128 g/mol. The van der Waals surface area contributed by atoms with Gasteiger partial charge in [-0.05, 0) is 12.2 Å². The zero-order valence-electron chi connectivity index (χ0n) is 5.10. The van der Waals surface area contributed by atoms with E-state index in [1.54, 1.807) is 0 Å². The average molecular weight is 128 g/mol. The largest absolute Gasteiger partial charge is 0.158 e. The van der Waals surface area contributed by atoms with Crippen molar-refractivity contribution in [2.24, 2.45) is 0 Å². The number of hydrogen-bond acceptors (Lipinski definition) is 1. The molecule has 0 aliphatic carbocycles. The van der Waals surface area contributed by atoms with Crippen molar-refractivity contribution in [3.05, 3.63) is 25.3 Å². The van der Waals surface area contributed by atoms with Gasteiger partial charge in [0.15, 0.2) is 0 Å². The van der Waals surface area contributed by atoms with Crippen molar-refractivity contribution in [1.82, 2.24) is 0 Å². The molecule has 0 atom stereocenters. The van der Waals surface area contributed by atoms with Crippen LogP contribution < -0.4 is 0 Å². The van der Waals surface area contributed by atoms with Gasteiger partial charge in [-0.3, -0.25) is 0 Å². The first-order valence-electron chi connectivity index (χ1n) is 2.71. The summed E-state index contributed by atoms with van der Waals surface area (Å²) in [7, 11) is 0. The van der Waals surface area contributed by atoms with Crippen LogP contribution in [0.5, 0.6) is 0 Å². The molecule has 0 N–H and O–H groups in total. The topological polar surface area (TPSA) is 0 Å². The molecule has 0 aromatic heterocycles. The fourth-order valence-corrected chi connectivity index (χ4v) is 1.000. The minimum Gasteiger partial charge on any atom is -0.158 e. The van der Waals surface area contributed by atoms with Crippen LogP contribution in [0, 0.1) is 0 Å². The Balaban J connectivity index is 2.71. The Kier molecular flexibility index (Phi) is 6.68. The van der Waals surface area contributed by atoms with Gasteiger partial charge < -0.3 is 0 Å². The maximum atomic E-state index is 3.62. The van der Waals surface area contributed by atoms with E-state index >= 15 is 0 Å². The lowest BCUT2D eigenvalue weighted by atomic mass is 10.5. The summed E-state index contributed by atoms with van der Waals surface area (Å²) in [6, 6.07) is 0. The van der Waals surface area contributed by atoms with Crippen LogP contribution in [0.2, 0.25) is 0 Å². The first-order valence-corrected chi connectivity index (χ1v) is 3.87. The number of allylic oxidation sites excluding steroid dienone is 1. The Labute approximate surface area is 55.7 Å². The Morgan fingerprint density at radius 2 is 2.00 bits per heavy atom. The minimum absolute atomic E-state index is 1.06. The molecule has 0 aliphatic rings. The molecular weight excluding hydrogens is 116 g/mol. The summed E-state index contributed by atoms with van der Waals surface area (Å²) in [4.78, 5) is 0. The summed E-state index contributed by atoms with van der Waals surface area (Å²) in [6.07, 6.45) is 4.97. The van der Waals surface area contributed by atoms with Gasteiger partial charge in [0.2, 0.25) is 0 Å². The summed E-state index contributed by atoms with van der Waals surface area (Å²) < 4.78 is 0. The van der Waals surface area contributed by atoms with Gasteiger partial charge in [0, 0.05) is 5.75 Å². The Morgan fingerprint density at radius 1 is 1.25 bits per heavy atom. The van der Waals surface area contributed by atoms with Crippen LogP contribution >= 0.6 is 11.8 Å². The van der Waals surface area contributed by atoms with Gasteiger partial charge >= 0.3 is 0 Å². The van der Waals surface area contributed by atoms with Crippen LogP contribution in [0.4, 0.5) is 0 Å². The molecule has 0 spiro atoms. The van der Waals surface area contributed by atoms with Gasteiger partial charge in [-0.25, -0.2) is 0 Å². The molecule has 8 heavy (non-hydrogen) atoms. The lowest BCUT2D eigenvalue weighted by molar-refractivity contribution is 1.25. The van der Waals surface area contributed by atoms with E-state index in [9.17, 15) is 0 Å². The maximum Gasteiger partial charge on any atom is 0.0110 e. The van der Waals surface area contributed by atoms with Crippen molar-refractivity contribution < 1.29 is 0 Å². The summed E-state index contributed by atoms with van der Waals surface area (Å²) in [5.41, 5.74) is 0. The van der Waals surface area contributed by atoms with Crippen molar-refractivity contribution >= 4 is 11.8 Å². The van der Waals surface area contributed by atoms with Gasteiger partial charge in [-0.2, -0.15) is 11.8 Å². The van der Waals surface area contributed by atoms with Crippen molar-refractivity contribution in [1.29, 1.82) is 0 Å². The first-order chi connectivity index (χ1) is 3.91. The molecule has 0 amide bonds. The molecule has 0 saturated carbocycles. The van der Waals surface area contributed by atoms with E-state index in [4.69, 9.17) is 0 Å². The quantitative estimate of drug-likeness (QED) is 0.405. The predicted octanol–water partition coefficient (Wildman–Crippen LogP) is 2.48. The third-order valence-electron chi connectivity index (χ3n) is 0.702. The molecule has 0 aromatic rings. The zero-order chi connectivity index (χ0) is 6.24. The van der Waals surface area contributed by atoms with Gasteiger partial charge in [-0.15, -0.1) is 13.2 Å². The van der Waals surface area contributed by atoms with E-state index in [1.165, 1.54) is 5.75 Å². The zero-order valence-corrected chi connectivity index (χ0v) is 5.91. The lowest BCUT2D eigenvalue weighted by Gasteiger charge is -1.89. The molecule has 0 fully saturated rings. The van der Waals surface area contributed by atoms with Crippen LogP contribution in [0.3, 0.4) is 0 Å². The Morgan fingerprint density at radius 3 is 2.50 bits per heavy atom. The molecule has 0 aromatic carbocycles. The second kappa shape index (κ2) is 6.83. The van der Waals surface area contributed by atoms with E-state index in [2.05, 4.69) is 13.2 Å². The third-order valence-corrected chi connectivity index (χ3v) is 1.70. The van der Waals surface area contributed by atoms with Gasteiger partial charge in [0.05, 0.1) is 0 Å². The number of thioether (sulfide) groups is 1. The molecule has 0 heterocycles. The van der Waals surface area contributed by atoms with Crippen molar-refractivity contribution in [3.8, 4) is 0 Å². The highest BCUT2D eigenvalue weighted by Crippen LogP contribution is 2.01. The molecule has 1 heteroatoms. The average Bonchev–Trinajstić information content (AvgIpc) is 1.81. The summed E-state index contributed by atoms with van der Waals surface area (Å²) >= 11 is 1.89. The van der Waals surface area contributed by atoms with Crippen LogP contribution in [0.1, 0.15) is 6.42 Å². The lowest BCUT2D eigenvalue weighted by Crippen LogP contribution is -1.74. The van der Waals surface area contributed by atoms with E-state index in [0.29, 0.717) is 0 Å². The van der Waals surface area contributed by atoms with Crippen molar-refractivity contribution in [3.63, 3.8) is 0 Å². The maximum absolute atomic E-state index is 3.62. The molecule has 0 aliphatic heterocycles. The fraction of sp³-hybridized carbons (Fsp3) is 0.429. The molecule has 0 rings (SSSR count). The van der Waals surface area contributed by atoms with Crippen molar-refractivity contribution in [2.45, 2.75) is 6.42 Å². The molecule has 46 valence electrons.